The van der Waals surface area contributed by atoms with E-state index in [1.54, 1.807) is 0 Å². The first-order valence-electron chi connectivity index (χ1n) is 5.67. The largest absolute Gasteiger partial charge is 0.558 e. The molecule has 0 heterocycles. The molecule has 0 rings (SSSR count). The minimum Gasteiger partial charge on any atom is -0.558 e. The van der Waals surface area contributed by atoms with E-state index in [-0.39, 0.29) is 6.42 Å². The van der Waals surface area contributed by atoms with Gasteiger partial charge in [0.05, 0.1) is 0 Å². The molecule has 0 aliphatic carbocycles. The fraction of sp³-hybridized carbons (Fsp3) is 0.778. The SMILES string of the molecule is CCCCCC(=O)N[C@H](CC(N)=O)[B-](O)(O)O. The molecule has 0 aromatic heterocycles. The van der Waals surface area contributed by atoms with Gasteiger partial charge in [0, 0.05) is 12.8 Å². The average Bonchev–Trinajstić information content (AvgIpc) is 2.15. The van der Waals surface area contributed by atoms with E-state index >= 15 is 0 Å². The molecule has 0 unspecified atom stereocenters. The molecule has 17 heavy (non-hydrogen) atoms. The van der Waals surface area contributed by atoms with Gasteiger partial charge in [-0.25, -0.2) is 0 Å². The van der Waals surface area contributed by atoms with E-state index in [1.165, 1.54) is 0 Å². The van der Waals surface area contributed by atoms with E-state index in [0.29, 0.717) is 6.42 Å². The monoisotopic (exact) mass is 247 g/mol. The van der Waals surface area contributed by atoms with Crippen LogP contribution in [-0.4, -0.2) is 39.6 Å². The average molecular weight is 247 g/mol. The maximum atomic E-state index is 11.4. The molecule has 2 amide bonds. The van der Waals surface area contributed by atoms with Crippen molar-refractivity contribution in [2.75, 3.05) is 0 Å². The second-order valence-corrected chi connectivity index (χ2v) is 4.10. The summed E-state index contributed by atoms with van der Waals surface area (Å²) >= 11 is 0. The fourth-order valence-electron chi connectivity index (χ4n) is 1.35. The summed E-state index contributed by atoms with van der Waals surface area (Å²) in [7, 11) is 0. The van der Waals surface area contributed by atoms with Gasteiger partial charge in [-0.05, 0) is 12.4 Å². The second-order valence-electron chi connectivity index (χ2n) is 4.10. The Hall–Kier alpha value is -1.12. The van der Waals surface area contributed by atoms with Crippen molar-refractivity contribution in [2.45, 2.75) is 45.0 Å². The van der Waals surface area contributed by atoms with Crippen molar-refractivity contribution < 1.29 is 24.7 Å². The number of hydrogen-bond donors (Lipinski definition) is 5. The van der Waals surface area contributed by atoms with Gasteiger partial charge in [0.25, 0.3) is 0 Å². The molecule has 0 fully saturated rings. The zero-order chi connectivity index (χ0) is 13.5. The predicted octanol–water partition coefficient (Wildman–Crippen LogP) is -1.62. The van der Waals surface area contributed by atoms with Crippen molar-refractivity contribution in [1.29, 1.82) is 0 Å². The smallest absolute Gasteiger partial charge is 0.394 e. The van der Waals surface area contributed by atoms with Gasteiger partial charge in [-0.2, -0.15) is 0 Å². The normalized spacial score (nSPS) is 13.2. The maximum Gasteiger partial charge on any atom is 0.394 e. The van der Waals surface area contributed by atoms with Gasteiger partial charge in [0.1, 0.15) is 0 Å². The quantitative estimate of drug-likeness (QED) is 0.260. The molecule has 6 N–H and O–H groups in total. The number of primary amides is 1. The van der Waals surface area contributed by atoms with Crippen LogP contribution in [0.4, 0.5) is 0 Å². The van der Waals surface area contributed by atoms with Crippen LogP contribution in [0.15, 0.2) is 0 Å². The Morgan fingerprint density at radius 2 is 1.88 bits per heavy atom. The Labute approximate surface area is 100 Å². The number of nitrogens with two attached hydrogens (primary N) is 1. The van der Waals surface area contributed by atoms with Gasteiger partial charge in [0.15, 0.2) is 0 Å². The van der Waals surface area contributed by atoms with E-state index in [2.05, 4.69) is 5.32 Å². The van der Waals surface area contributed by atoms with Gasteiger partial charge >= 0.3 is 6.75 Å². The highest BCUT2D eigenvalue weighted by Crippen LogP contribution is 2.04. The van der Waals surface area contributed by atoms with E-state index in [9.17, 15) is 9.59 Å². The predicted molar refractivity (Wildman–Crippen MR) is 62.3 cm³/mol. The van der Waals surface area contributed by atoms with Crippen LogP contribution in [0.3, 0.4) is 0 Å². The van der Waals surface area contributed by atoms with Gasteiger partial charge < -0.3 is 26.1 Å². The van der Waals surface area contributed by atoms with E-state index in [4.69, 9.17) is 20.8 Å². The maximum absolute atomic E-state index is 11.4. The number of unbranched alkanes of at least 4 members (excludes halogenated alkanes) is 2. The standard InChI is InChI=1S/C9H20BN2O5/c1-2-3-4-5-9(14)12-7(6-8(11)13)10(15,16)17/h7,15-17H,2-6H2,1H3,(H2,11,13)(H,12,14)/q-1/t7-/m1/s1. The van der Waals surface area contributed by atoms with Crippen LogP contribution in [0.2, 0.25) is 0 Å². The van der Waals surface area contributed by atoms with Crippen molar-refractivity contribution in [2.24, 2.45) is 5.73 Å². The lowest BCUT2D eigenvalue weighted by molar-refractivity contribution is -0.122. The number of hydrogen-bond acceptors (Lipinski definition) is 5. The zero-order valence-electron chi connectivity index (χ0n) is 9.93. The van der Waals surface area contributed by atoms with Crippen LogP contribution in [0.25, 0.3) is 0 Å². The minimum absolute atomic E-state index is 0.204. The minimum atomic E-state index is -3.80. The van der Waals surface area contributed by atoms with Crippen molar-refractivity contribution in [3.05, 3.63) is 0 Å². The van der Waals surface area contributed by atoms with Gasteiger partial charge in [0.2, 0.25) is 11.8 Å². The summed E-state index contributed by atoms with van der Waals surface area (Å²) in [5.74, 6) is -2.75. The van der Waals surface area contributed by atoms with Crippen molar-refractivity contribution in [3.8, 4) is 0 Å². The molecule has 0 bridgehead atoms. The first kappa shape index (κ1) is 15.9. The van der Waals surface area contributed by atoms with Gasteiger partial charge in [-0.1, -0.05) is 19.8 Å². The molecule has 7 nitrogen and oxygen atoms in total. The summed E-state index contributed by atoms with van der Waals surface area (Å²) in [6.45, 7) is -1.82. The summed E-state index contributed by atoms with van der Waals surface area (Å²) in [6.07, 6.45) is 2.17. The third kappa shape index (κ3) is 7.73. The third-order valence-corrected chi connectivity index (χ3v) is 2.31. The Kier molecular flexibility index (Phi) is 6.78. The van der Waals surface area contributed by atoms with E-state index < -0.39 is 30.9 Å². The molecule has 0 aromatic carbocycles. The highest BCUT2D eigenvalue weighted by Gasteiger charge is 2.31. The molecular weight excluding hydrogens is 227 g/mol. The Morgan fingerprint density at radius 1 is 1.29 bits per heavy atom. The number of amides is 2. The molecule has 0 spiro atoms. The summed E-state index contributed by atoms with van der Waals surface area (Å²) < 4.78 is 0. The van der Waals surface area contributed by atoms with Crippen LogP contribution >= 0.6 is 0 Å². The number of carbonyl (C=O) groups excluding carboxylic acids is 2. The van der Waals surface area contributed by atoms with Gasteiger partial charge in [-0.15, -0.1) is 0 Å². The molecule has 100 valence electrons. The van der Waals surface area contributed by atoms with Crippen molar-refractivity contribution in [3.63, 3.8) is 0 Å². The Bertz CT molecular complexity index is 267. The second kappa shape index (κ2) is 7.26. The van der Waals surface area contributed by atoms with Crippen molar-refractivity contribution in [1.82, 2.24) is 5.32 Å². The third-order valence-electron chi connectivity index (χ3n) is 2.31. The highest BCUT2D eigenvalue weighted by molar-refractivity contribution is 6.58. The van der Waals surface area contributed by atoms with Crippen LogP contribution < -0.4 is 11.1 Å². The molecule has 0 radical (unpaired) electrons. The molecule has 0 aliphatic heterocycles. The number of rotatable bonds is 8. The molecular formula is C9H20BN2O5-. The summed E-state index contributed by atoms with van der Waals surface area (Å²) in [5.41, 5.74) is 4.87. The van der Waals surface area contributed by atoms with E-state index in [0.717, 1.165) is 12.8 Å². The number of carbonyl (C=O) groups is 2. The topological polar surface area (TPSA) is 133 Å². The summed E-state index contributed by atoms with van der Waals surface area (Å²) in [6, 6.07) is 0. The van der Waals surface area contributed by atoms with Crippen molar-refractivity contribution >= 4 is 18.6 Å². The number of nitrogens with one attached hydrogen (secondary N) is 1. The fourth-order valence-corrected chi connectivity index (χ4v) is 1.35. The zero-order valence-corrected chi connectivity index (χ0v) is 9.93. The van der Waals surface area contributed by atoms with Gasteiger partial charge in [-0.3, -0.25) is 9.59 Å². The summed E-state index contributed by atoms with van der Waals surface area (Å²) in [4.78, 5) is 22.0. The molecule has 0 aliphatic rings. The molecule has 0 saturated heterocycles. The molecule has 0 saturated carbocycles. The lowest BCUT2D eigenvalue weighted by Crippen LogP contribution is -2.59. The van der Waals surface area contributed by atoms with Crippen LogP contribution in [0.5, 0.6) is 0 Å². The Morgan fingerprint density at radius 3 is 2.29 bits per heavy atom. The lowest BCUT2D eigenvalue weighted by Gasteiger charge is -2.31. The summed E-state index contributed by atoms with van der Waals surface area (Å²) in [5, 5.41) is 29.2. The Balaban J connectivity index is 4.24. The first-order valence-corrected chi connectivity index (χ1v) is 5.67. The first-order chi connectivity index (χ1) is 7.77. The van der Waals surface area contributed by atoms with Crippen LogP contribution in [-0.2, 0) is 9.59 Å². The van der Waals surface area contributed by atoms with E-state index in [1.807, 2.05) is 6.92 Å². The lowest BCUT2D eigenvalue weighted by atomic mass is 9.68. The highest BCUT2D eigenvalue weighted by atomic mass is 16.5. The molecule has 1 atom stereocenters. The molecule has 0 aromatic rings. The molecule has 8 heteroatoms. The van der Waals surface area contributed by atoms with Crippen LogP contribution in [0.1, 0.15) is 39.0 Å². The van der Waals surface area contributed by atoms with Crippen LogP contribution in [0, 0.1) is 0 Å².